The van der Waals surface area contributed by atoms with Gasteiger partial charge < -0.3 is 9.47 Å². The van der Waals surface area contributed by atoms with E-state index in [9.17, 15) is 4.79 Å². The Balaban J connectivity index is 1.66. The molecule has 0 bridgehead atoms. The van der Waals surface area contributed by atoms with Crippen LogP contribution < -0.4 is 14.4 Å². The molecule has 1 saturated heterocycles. The quantitative estimate of drug-likeness (QED) is 0.296. The Bertz CT molecular complexity index is 1270. The number of benzene rings is 3. The van der Waals surface area contributed by atoms with Crippen molar-refractivity contribution in [3.8, 4) is 11.5 Å². The molecule has 1 aliphatic rings. The van der Waals surface area contributed by atoms with Gasteiger partial charge in [-0.25, -0.2) is 0 Å². The van der Waals surface area contributed by atoms with E-state index in [0.29, 0.717) is 27.3 Å². The first-order valence-corrected chi connectivity index (χ1v) is 11.8. The number of hydrogen-bond donors (Lipinski definition) is 0. The molecule has 3 aromatic rings. The van der Waals surface area contributed by atoms with Gasteiger partial charge in [-0.2, -0.15) is 0 Å². The van der Waals surface area contributed by atoms with Crippen molar-refractivity contribution in [2.24, 2.45) is 0 Å². The molecule has 168 valence electrons. The summed E-state index contributed by atoms with van der Waals surface area (Å²) in [6, 6.07) is 19.6. The fraction of sp³-hybridized carbons (Fsp3) is 0.185. The van der Waals surface area contributed by atoms with Crippen LogP contribution in [0.4, 0.5) is 5.69 Å². The second kappa shape index (κ2) is 9.81. The molecule has 6 heteroatoms. The van der Waals surface area contributed by atoms with E-state index in [1.807, 2.05) is 74.5 Å². The lowest BCUT2D eigenvalue weighted by molar-refractivity contribution is -0.113. The first-order valence-electron chi connectivity index (χ1n) is 10.6. The zero-order chi connectivity index (χ0) is 23.5. The standard InChI is InChI=1S/C27H25NO3S2/c1-17-9-7-11-23(19(17)3)28-26(29)25(33-27(28)32)15-21-14-22(30-4)12-13-24(21)31-16-20-10-6-5-8-18(20)2/h5-15H,16H2,1-4H3. The summed E-state index contributed by atoms with van der Waals surface area (Å²) < 4.78 is 12.1. The van der Waals surface area contributed by atoms with Crippen LogP contribution in [0.2, 0.25) is 0 Å². The van der Waals surface area contributed by atoms with Gasteiger partial charge >= 0.3 is 0 Å². The van der Waals surface area contributed by atoms with Crippen LogP contribution >= 0.6 is 24.0 Å². The first-order chi connectivity index (χ1) is 15.9. The second-order valence-corrected chi connectivity index (χ2v) is 9.53. The Kier molecular flexibility index (Phi) is 6.86. The Morgan fingerprint density at radius 1 is 1.00 bits per heavy atom. The topological polar surface area (TPSA) is 38.8 Å². The van der Waals surface area contributed by atoms with Gasteiger partial charge in [0.15, 0.2) is 4.32 Å². The lowest BCUT2D eigenvalue weighted by Crippen LogP contribution is -2.28. The fourth-order valence-corrected chi connectivity index (χ4v) is 4.90. The minimum Gasteiger partial charge on any atom is -0.497 e. The summed E-state index contributed by atoms with van der Waals surface area (Å²) in [5.74, 6) is 1.23. The van der Waals surface area contributed by atoms with E-state index in [1.54, 1.807) is 12.0 Å². The molecule has 0 saturated carbocycles. The number of ether oxygens (including phenoxy) is 2. The van der Waals surface area contributed by atoms with E-state index in [1.165, 1.54) is 17.3 Å². The first kappa shape index (κ1) is 23.1. The van der Waals surface area contributed by atoms with Crippen LogP contribution in [-0.2, 0) is 11.4 Å². The van der Waals surface area contributed by atoms with Crippen LogP contribution in [0, 0.1) is 20.8 Å². The Labute approximate surface area is 204 Å². The van der Waals surface area contributed by atoms with E-state index in [0.717, 1.165) is 27.9 Å². The van der Waals surface area contributed by atoms with Crippen LogP contribution in [0.25, 0.3) is 6.08 Å². The maximum atomic E-state index is 13.4. The third-order valence-electron chi connectivity index (χ3n) is 5.76. The highest BCUT2D eigenvalue weighted by Crippen LogP contribution is 2.39. The summed E-state index contributed by atoms with van der Waals surface area (Å²) >= 11 is 6.88. The maximum absolute atomic E-state index is 13.4. The summed E-state index contributed by atoms with van der Waals surface area (Å²) in [5, 5.41) is 0. The van der Waals surface area contributed by atoms with Gasteiger partial charge in [0.1, 0.15) is 18.1 Å². The molecule has 0 aliphatic carbocycles. The molecule has 0 radical (unpaired) electrons. The Morgan fingerprint density at radius 3 is 2.52 bits per heavy atom. The van der Waals surface area contributed by atoms with E-state index >= 15 is 0 Å². The Morgan fingerprint density at radius 2 is 1.76 bits per heavy atom. The smallest absolute Gasteiger partial charge is 0.270 e. The van der Waals surface area contributed by atoms with E-state index in [-0.39, 0.29) is 5.91 Å². The van der Waals surface area contributed by atoms with E-state index in [2.05, 4.69) is 13.0 Å². The van der Waals surface area contributed by atoms with Gasteiger partial charge in [-0.3, -0.25) is 9.69 Å². The Hall–Kier alpha value is -3.09. The summed E-state index contributed by atoms with van der Waals surface area (Å²) in [6.45, 7) is 6.53. The van der Waals surface area contributed by atoms with Crippen LogP contribution in [0.15, 0.2) is 65.6 Å². The predicted molar refractivity (Wildman–Crippen MR) is 140 cm³/mol. The molecule has 0 spiro atoms. The number of amides is 1. The number of thioether (sulfide) groups is 1. The number of methoxy groups -OCH3 is 1. The lowest BCUT2D eigenvalue weighted by Gasteiger charge is -2.18. The normalized spacial score (nSPS) is 14.8. The molecule has 0 aromatic heterocycles. The zero-order valence-electron chi connectivity index (χ0n) is 19.0. The number of carbonyl (C=O) groups excluding carboxylic acids is 1. The second-order valence-electron chi connectivity index (χ2n) is 7.86. The summed E-state index contributed by atoms with van der Waals surface area (Å²) in [6.07, 6.45) is 1.83. The van der Waals surface area contributed by atoms with Gasteiger partial charge in [-0.1, -0.05) is 60.4 Å². The average Bonchev–Trinajstić information content (AvgIpc) is 3.08. The van der Waals surface area contributed by atoms with Gasteiger partial charge in [0.05, 0.1) is 17.7 Å². The molecule has 33 heavy (non-hydrogen) atoms. The van der Waals surface area contributed by atoms with Crippen molar-refractivity contribution >= 4 is 46.0 Å². The van der Waals surface area contributed by atoms with Crippen molar-refractivity contribution in [3.05, 3.63) is 93.4 Å². The number of carbonyl (C=O) groups is 1. The largest absolute Gasteiger partial charge is 0.497 e. The van der Waals surface area contributed by atoms with Gasteiger partial charge in [0.25, 0.3) is 5.91 Å². The van der Waals surface area contributed by atoms with E-state index < -0.39 is 0 Å². The van der Waals surface area contributed by atoms with Crippen LogP contribution in [0.3, 0.4) is 0 Å². The van der Waals surface area contributed by atoms with Crippen LogP contribution in [0.5, 0.6) is 11.5 Å². The van der Waals surface area contributed by atoms with Crippen LogP contribution in [-0.4, -0.2) is 17.3 Å². The molecule has 0 N–H and O–H groups in total. The third kappa shape index (κ3) is 4.82. The number of hydrogen-bond acceptors (Lipinski definition) is 5. The molecule has 3 aromatic carbocycles. The molecule has 0 atom stereocenters. The van der Waals surface area contributed by atoms with E-state index in [4.69, 9.17) is 21.7 Å². The predicted octanol–water partition coefficient (Wildman–Crippen LogP) is 6.61. The molecule has 1 amide bonds. The fourth-order valence-electron chi connectivity index (χ4n) is 3.62. The highest BCUT2D eigenvalue weighted by atomic mass is 32.2. The van der Waals surface area contributed by atoms with Crippen molar-refractivity contribution < 1.29 is 14.3 Å². The van der Waals surface area contributed by atoms with Crippen molar-refractivity contribution in [2.75, 3.05) is 12.0 Å². The van der Waals surface area contributed by atoms with Gasteiger partial charge in [0, 0.05) is 5.56 Å². The van der Waals surface area contributed by atoms with Crippen molar-refractivity contribution in [1.82, 2.24) is 0 Å². The maximum Gasteiger partial charge on any atom is 0.270 e. The number of rotatable bonds is 6. The highest BCUT2D eigenvalue weighted by Gasteiger charge is 2.34. The third-order valence-corrected chi connectivity index (χ3v) is 7.06. The SMILES string of the molecule is COc1ccc(OCc2ccccc2C)c(C=C2SC(=S)N(c3cccc(C)c3C)C2=O)c1. The molecular formula is C27H25NO3S2. The number of aryl methyl sites for hydroxylation is 2. The van der Waals surface area contributed by atoms with Gasteiger partial charge in [-0.05, 0) is 73.4 Å². The summed E-state index contributed by atoms with van der Waals surface area (Å²) in [7, 11) is 1.62. The molecule has 1 heterocycles. The number of anilines is 1. The minimum absolute atomic E-state index is 0.133. The molecular weight excluding hydrogens is 450 g/mol. The molecule has 4 nitrogen and oxygen atoms in total. The molecule has 1 aliphatic heterocycles. The van der Waals surface area contributed by atoms with Crippen molar-refractivity contribution in [3.63, 3.8) is 0 Å². The summed E-state index contributed by atoms with van der Waals surface area (Å²) in [4.78, 5) is 15.5. The molecule has 4 rings (SSSR count). The number of nitrogens with zero attached hydrogens (tertiary/aromatic N) is 1. The van der Waals surface area contributed by atoms with Crippen LogP contribution in [0.1, 0.15) is 27.8 Å². The lowest BCUT2D eigenvalue weighted by atomic mass is 10.1. The van der Waals surface area contributed by atoms with Gasteiger partial charge in [0.2, 0.25) is 0 Å². The minimum atomic E-state index is -0.133. The number of thiocarbonyl (C=S) groups is 1. The molecule has 0 unspecified atom stereocenters. The van der Waals surface area contributed by atoms with Crippen molar-refractivity contribution in [2.45, 2.75) is 27.4 Å². The summed E-state index contributed by atoms with van der Waals surface area (Å²) in [5.41, 5.74) is 6.03. The monoisotopic (exact) mass is 475 g/mol. The molecule has 1 fully saturated rings. The van der Waals surface area contributed by atoms with Crippen molar-refractivity contribution in [1.29, 1.82) is 0 Å². The average molecular weight is 476 g/mol. The zero-order valence-corrected chi connectivity index (χ0v) is 20.7. The van der Waals surface area contributed by atoms with Gasteiger partial charge in [-0.15, -0.1) is 0 Å². The highest BCUT2D eigenvalue weighted by molar-refractivity contribution is 8.27.